The van der Waals surface area contributed by atoms with Gasteiger partial charge in [0.05, 0.1) is 24.8 Å². The molecule has 0 rings (SSSR count). The van der Waals surface area contributed by atoms with Gasteiger partial charge in [0.2, 0.25) is 0 Å². The summed E-state index contributed by atoms with van der Waals surface area (Å²) in [5.41, 5.74) is 0. The highest BCUT2D eigenvalue weighted by Gasteiger charge is 2.13. The molecule has 1 N–H and O–H groups in total. The number of unbranched alkanes of at least 4 members (excludes halogenated alkanes) is 2. The Labute approximate surface area is 135 Å². The molecule has 0 spiro atoms. The van der Waals surface area contributed by atoms with Crippen LogP contribution < -0.4 is 0 Å². The minimum atomic E-state index is -0.515. The van der Waals surface area contributed by atoms with Gasteiger partial charge in [-0.15, -0.1) is 0 Å². The van der Waals surface area contributed by atoms with Crippen LogP contribution in [0, 0.1) is 28.6 Å². The lowest BCUT2D eigenvalue weighted by atomic mass is 10.1. The second-order valence-electron chi connectivity index (χ2n) is 5.70. The van der Waals surface area contributed by atoms with E-state index in [1.807, 2.05) is 0 Å². The number of rotatable bonds is 14. The van der Waals surface area contributed by atoms with Gasteiger partial charge < -0.3 is 14.7 Å². The van der Waals surface area contributed by atoms with Gasteiger partial charge in [-0.05, 0) is 31.8 Å². The van der Waals surface area contributed by atoms with Gasteiger partial charge in [-0.1, -0.05) is 26.7 Å². The molecule has 0 amide bonds. The quantitative estimate of drug-likeness (QED) is 0.499. The Kier molecular flexibility index (Phi) is 14.0. The number of aliphatic hydroxyl groups excluding tert-OH is 1. The molecule has 1 atom stereocenters. The van der Waals surface area contributed by atoms with Crippen LogP contribution in [-0.4, -0.2) is 49.0 Å². The Morgan fingerprint density at radius 3 is 2.00 bits per heavy atom. The minimum Gasteiger partial charge on any atom is -0.389 e. The minimum absolute atomic E-state index is 0.351. The lowest BCUT2D eigenvalue weighted by Gasteiger charge is -2.25. The van der Waals surface area contributed by atoms with Gasteiger partial charge in [-0.3, -0.25) is 0 Å². The molecule has 0 radical (unpaired) electrons. The van der Waals surface area contributed by atoms with Gasteiger partial charge in [0, 0.05) is 26.0 Å². The van der Waals surface area contributed by atoms with E-state index in [2.05, 4.69) is 30.9 Å². The summed E-state index contributed by atoms with van der Waals surface area (Å²) >= 11 is 0. The van der Waals surface area contributed by atoms with Crippen LogP contribution in [0.5, 0.6) is 0 Å². The van der Waals surface area contributed by atoms with E-state index in [1.54, 1.807) is 0 Å². The zero-order chi connectivity index (χ0) is 16.6. The summed E-state index contributed by atoms with van der Waals surface area (Å²) in [4.78, 5) is 2.12. The molecule has 22 heavy (non-hydrogen) atoms. The largest absolute Gasteiger partial charge is 0.389 e. The maximum Gasteiger partial charge on any atom is 0.0900 e. The molecule has 0 fully saturated rings. The van der Waals surface area contributed by atoms with E-state index in [9.17, 15) is 5.11 Å². The molecule has 126 valence electrons. The van der Waals surface area contributed by atoms with Crippen molar-refractivity contribution in [3.63, 3.8) is 0 Å². The van der Waals surface area contributed by atoms with Crippen LogP contribution in [0.2, 0.25) is 0 Å². The van der Waals surface area contributed by atoms with Crippen LogP contribution in [0.15, 0.2) is 0 Å². The van der Waals surface area contributed by atoms with Gasteiger partial charge in [0.15, 0.2) is 0 Å². The number of nitriles is 2. The molecular weight excluding hydrogens is 278 g/mol. The Morgan fingerprint density at radius 2 is 1.55 bits per heavy atom. The third kappa shape index (κ3) is 11.5. The molecule has 5 nitrogen and oxygen atoms in total. The van der Waals surface area contributed by atoms with Gasteiger partial charge in [-0.25, -0.2) is 0 Å². The third-order valence-electron chi connectivity index (χ3n) is 3.81. The van der Waals surface area contributed by atoms with Crippen molar-refractivity contribution in [2.24, 2.45) is 5.92 Å². The first-order chi connectivity index (χ1) is 10.7. The van der Waals surface area contributed by atoms with E-state index < -0.39 is 6.10 Å². The molecule has 0 saturated heterocycles. The first-order valence-electron chi connectivity index (χ1n) is 8.39. The van der Waals surface area contributed by atoms with Crippen molar-refractivity contribution < 1.29 is 9.84 Å². The molecule has 0 aromatic carbocycles. The SMILES string of the molecule is CCC(CC)COCC(O)CN(CCCC#N)CCCC#N. The van der Waals surface area contributed by atoms with Crippen molar-refractivity contribution in [3.8, 4) is 12.1 Å². The molecule has 0 aliphatic heterocycles. The summed E-state index contributed by atoms with van der Waals surface area (Å²) in [7, 11) is 0. The van der Waals surface area contributed by atoms with E-state index in [0.29, 0.717) is 38.5 Å². The van der Waals surface area contributed by atoms with E-state index in [1.165, 1.54) is 0 Å². The van der Waals surface area contributed by atoms with Crippen LogP contribution in [0.25, 0.3) is 0 Å². The first-order valence-corrected chi connectivity index (χ1v) is 8.39. The smallest absolute Gasteiger partial charge is 0.0900 e. The molecule has 1 unspecified atom stereocenters. The van der Waals surface area contributed by atoms with Crippen molar-refractivity contribution in [3.05, 3.63) is 0 Å². The molecule has 0 aromatic rings. The molecule has 0 heterocycles. The highest BCUT2D eigenvalue weighted by Crippen LogP contribution is 2.08. The zero-order valence-corrected chi connectivity index (χ0v) is 14.1. The highest BCUT2D eigenvalue weighted by molar-refractivity contribution is 4.74. The molecule has 0 bridgehead atoms. The fourth-order valence-electron chi connectivity index (χ4n) is 2.30. The topological polar surface area (TPSA) is 80.3 Å². The molecule has 0 aliphatic rings. The second-order valence-corrected chi connectivity index (χ2v) is 5.70. The maximum absolute atomic E-state index is 10.1. The summed E-state index contributed by atoms with van der Waals surface area (Å²) in [6, 6.07) is 4.27. The number of hydrogen-bond donors (Lipinski definition) is 1. The summed E-state index contributed by atoms with van der Waals surface area (Å²) in [6.45, 7) is 7.46. The summed E-state index contributed by atoms with van der Waals surface area (Å²) in [5.74, 6) is 0.564. The van der Waals surface area contributed by atoms with Crippen molar-refractivity contribution in [2.45, 2.75) is 58.5 Å². The Hall–Kier alpha value is -1.14. The van der Waals surface area contributed by atoms with E-state index in [-0.39, 0.29) is 0 Å². The monoisotopic (exact) mass is 309 g/mol. The second kappa shape index (κ2) is 14.8. The standard InChI is InChI=1S/C17H31N3O2/c1-3-16(4-2)14-22-15-17(21)13-20(11-7-5-9-18)12-8-6-10-19/h16-17,21H,3-8,11-15H2,1-2H3. The van der Waals surface area contributed by atoms with Gasteiger partial charge in [0.25, 0.3) is 0 Å². The fraction of sp³-hybridized carbons (Fsp3) is 0.882. The first kappa shape index (κ1) is 20.9. The normalized spacial score (nSPS) is 12.3. The molecule has 0 aliphatic carbocycles. The van der Waals surface area contributed by atoms with Gasteiger partial charge in [-0.2, -0.15) is 10.5 Å². The van der Waals surface area contributed by atoms with Crippen LogP contribution >= 0.6 is 0 Å². The number of ether oxygens (including phenoxy) is 1. The number of hydrogen-bond acceptors (Lipinski definition) is 5. The van der Waals surface area contributed by atoms with Gasteiger partial charge in [0.1, 0.15) is 0 Å². The van der Waals surface area contributed by atoms with Crippen molar-refractivity contribution >= 4 is 0 Å². The van der Waals surface area contributed by atoms with Gasteiger partial charge >= 0.3 is 0 Å². The van der Waals surface area contributed by atoms with Crippen LogP contribution in [0.1, 0.15) is 52.4 Å². The van der Waals surface area contributed by atoms with Crippen molar-refractivity contribution in [1.82, 2.24) is 4.90 Å². The van der Waals surface area contributed by atoms with Crippen LogP contribution in [0.4, 0.5) is 0 Å². The zero-order valence-electron chi connectivity index (χ0n) is 14.1. The number of aliphatic hydroxyl groups is 1. The fourth-order valence-corrected chi connectivity index (χ4v) is 2.30. The summed E-state index contributed by atoms with van der Waals surface area (Å²) in [6.07, 6.45) is 4.32. The van der Waals surface area contributed by atoms with E-state index >= 15 is 0 Å². The van der Waals surface area contributed by atoms with E-state index in [4.69, 9.17) is 15.3 Å². The average molecular weight is 309 g/mol. The third-order valence-corrected chi connectivity index (χ3v) is 3.81. The lowest BCUT2D eigenvalue weighted by Crippen LogP contribution is -2.36. The Balaban J connectivity index is 4.04. The van der Waals surface area contributed by atoms with Crippen molar-refractivity contribution in [2.75, 3.05) is 32.8 Å². The molecular formula is C17H31N3O2. The molecule has 0 saturated carbocycles. The average Bonchev–Trinajstić information content (AvgIpc) is 2.52. The molecule has 5 heteroatoms. The Morgan fingerprint density at radius 1 is 1.00 bits per heavy atom. The highest BCUT2D eigenvalue weighted by atomic mass is 16.5. The lowest BCUT2D eigenvalue weighted by molar-refractivity contribution is 0.00347. The summed E-state index contributed by atoms with van der Waals surface area (Å²) < 4.78 is 5.61. The number of nitrogens with zero attached hydrogens (tertiary/aromatic N) is 3. The summed E-state index contributed by atoms with van der Waals surface area (Å²) in [5, 5.41) is 27.3. The molecule has 0 aromatic heterocycles. The predicted molar refractivity (Wildman–Crippen MR) is 87.0 cm³/mol. The predicted octanol–water partition coefficient (Wildman–Crippen LogP) is 2.71. The van der Waals surface area contributed by atoms with E-state index in [0.717, 1.165) is 38.8 Å². The van der Waals surface area contributed by atoms with Crippen LogP contribution in [-0.2, 0) is 4.74 Å². The van der Waals surface area contributed by atoms with Crippen LogP contribution in [0.3, 0.4) is 0 Å². The maximum atomic E-state index is 10.1. The Bertz CT molecular complexity index is 312. The van der Waals surface area contributed by atoms with Crippen molar-refractivity contribution in [1.29, 1.82) is 10.5 Å².